The van der Waals surface area contributed by atoms with Crippen LogP contribution in [0.1, 0.15) is 55.1 Å². The number of nitriles is 1. The van der Waals surface area contributed by atoms with Crippen LogP contribution in [0.5, 0.6) is 0 Å². The number of esters is 1. The van der Waals surface area contributed by atoms with E-state index in [0.717, 1.165) is 23.9 Å². The van der Waals surface area contributed by atoms with Gasteiger partial charge in [0.25, 0.3) is 0 Å². The fourth-order valence-electron chi connectivity index (χ4n) is 4.07. The molecule has 2 aliphatic carbocycles. The SMILES string of the molecule is CCOC(=O)c1cn(CC2(C(F)(F)F)CC3(CCC3)C2)nc1C#N. The van der Waals surface area contributed by atoms with Gasteiger partial charge in [0.15, 0.2) is 5.69 Å². The molecule has 0 atom stereocenters. The molecule has 5 nitrogen and oxygen atoms in total. The van der Waals surface area contributed by atoms with E-state index in [1.807, 2.05) is 0 Å². The van der Waals surface area contributed by atoms with Crippen LogP contribution in [0.3, 0.4) is 0 Å². The van der Waals surface area contributed by atoms with E-state index in [2.05, 4.69) is 5.10 Å². The van der Waals surface area contributed by atoms with E-state index in [1.165, 1.54) is 6.20 Å². The standard InChI is InChI=1S/C16H18F3N3O2/c1-2-24-13(23)11-7-22(21-12(11)6-20)10-15(16(17,18)19)8-14(9-15)4-3-5-14/h7H,2-5,8-10H2,1H3. The van der Waals surface area contributed by atoms with Crippen LogP contribution < -0.4 is 0 Å². The van der Waals surface area contributed by atoms with Crippen LogP contribution in [0.25, 0.3) is 0 Å². The minimum absolute atomic E-state index is 0.0886. The molecule has 0 aromatic carbocycles. The summed E-state index contributed by atoms with van der Waals surface area (Å²) in [6.45, 7) is 1.36. The van der Waals surface area contributed by atoms with Crippen LogP contribution in [0.2, 0.25) is 0 Å². The summed E-state index contributed by atoms with van der Waals surface area (Å²) in [5.74, 6) is -0.745. The van der Waals surface area contributed by atoms with Crippen molar-refractivity contribution >= 4 is 5.97 Å². The number of alkyl halides is 3. The van der Waals surface area contributed by atoms with E-state index in [0.29, 0.717) is 0 Å². The summed E-state index contributed by atoms with van der Waals surface area (Å²) in [7, 11) is 0. The first kappa shape index (κ1) is 16.8. The topological polar surface area (TPSA) is 67.9 Å². The molecule has 1 heterocycles. The number of halogens is 3. The van der Waals surface area contributed by atoms with Gasteiger partial charge in [-0.25, -0.2) is 4.79 Å². The smallest absolute Gasteiger partial charge is 0.396 e. The number of carbonyl (C=O) groups excluding carboxylic acids is 1. The number of aromatic nitrogens is 2. The minimum Gasteiger partial charge on any atom is -0.462 e. The van der Waals surface area contributed by atoms with Gasteiger partial charge in [0.2, 0.25) is 0 Å². The zero-order valence-electron chi connectivity index (χ0n) is 13.3. The number of carbonyl (C=O) groups is 1. The summed E-state index contributed by atoms with van der Waals surface area (Å²) < 4.78 is 46.7. The second-order valence-corrected chi connectivity index (χ2v) is 6.91. The first-order valence-corrected chi connectivity index (χ1v) is 7.96. The minimum atomic E-state index is -4.34. The van der Waals surface area contributed by atoms with Gasteiger partial charge >= 0.3 is 12.1 Å². The van der Waals surface area contributed by atoms with Gasteiger partial charge in [-0.05, 0) is 38.0 Å². The lowest BCUT2D eigenvalue weighted by Crippen LogP contribution is -2.59. The fraction of sp³-hybridized carbons (Fsp3) is 0.688. The Bertz CT molecular complexity index is 690. The summed E-state index contributed by atoms with van der Waals surface area (Å²) in [6.07, 6.45) is -0.267. The highest BCUT2D eigenvalue weighted by Crippen LogP contribution is 2.69. The summed E-state index contributed by atoms with van der Waals surface area (Å²) in [4.78, 5) is 11.8. The van der Waals surface area contributed by atoms with Crippen LogP contribution in [0, 0.1) is 22.2 Å². The molecule has 1 aromatic rings. The third-order valence-electron chi connectivity index (χ3n) is 5.27. The molecule has 2 fully saturated rings. The van der Waals surface area contributed by atoms with E-state index in [-0.39, 0.29) is 42.7 Å². The van der Waals surface area contributed by atoms with Gasteiger partial charge in [-0.2, -0.15) is 23.5 Å². The third-order valence-corrected chi connectivity index (χ3v) is 5.27. The largest absolute Gasteiger partial charge is 0.462 e. The van der Waals surface area contributed by atoms with Crippen molar-refractivity contribution in [2.24, 2.45) is 10.8 Å². The lowest BCUT2D eigenvalue weighted by molar-refractivity contribution is -0.300. The van der Waals surface area contributed by atoms with Crippen LogP contribution in [0.15, 0.2) is 6.20 Å². The normalized spacial score (nSPS) is 20.8. The first-order valence-electron chi connectivity index (χ1n) is 7.96. The van der Waals surface area contributed by atoms with Crippen molar-refractivity contribution < 1.29 is 22.7 Å². The monoisotopic (exact) mass is 341 g/mol. The van der Waals surface area contributed by atoms with Gasteiger partial charge in [-0.3, -0.25) is 4.68 Å². The summed E-state index contributed by atoms with van der Waals surface area (Å²) in [5, 5.41) is 12.9. The Morgan fingerprint density at radius 2 is 2.12 bits per heavy atom. The number of hydrogen-bond donors (Lipinski definition) is 0. The number of ether oxygens (including phenoxy) is 1. The maximum Gasteiger partial charge on any atom is 0.396 e. The van der Waals surface area contributed by atoms with E-state index >= 15 is 0 Å². The van der Waals surface area contributed by atoms with Crippen LogP contribution in [0.4, 0.5) is 13.2 Å². The van der Waals surface area contributed by atoms with Gasteiger partial charge in [0, 0.05) is 6.20 Å². The van der Waals surface area contributed by atoms with E-state index in [9.17, 15) is 18.0 Å². The molecule has 24 heavy (non-hydrogen) atoms. The lowest BCUT2D eigenvalue weighted by Gasteiger charge is -2.61. The van der Waals surface area contributed by atoms with Crippen LogP contribution in [-0.2, 0) is 11.3 Å². The molecule has 1 spiro atoms. The molecule has 0 saturated heterocycles. The Morgan fingerprint density at radius 1 is 1.46 bits per heavy atom. The summed E-state index contributed by atoms with van der Waals surface area (Å²) in [6, 6.07) is 1.74. The predicted octanol–water partition coefficient (Wildman–Crippen LogP) is 3.44. The molecule has 2 saturated carbocycles. The second kappa shape index (κ2) is 5.50. The average molecular weight is 341 g/mol. The van der Waals surface area contributed by atoms with Crippen LogP contribution in [-0.4, -0.2) is 28.5 Å². The highest BCUT2D eigenvalue weighted by Gasteiger charge is 2.68. The molecule has 0 unspecified atom stereocenters. The number of nitrogens with zero attached hydrogens (tertiary/aromatic N) is 3. The quantitative estimate of drug-likeness (QED) is 0.787. The van der Waals surface area contributed by atoms with Gasteiger partial charge in [0.05, 0.1) is 18.6 Å². The molecule has 130 valence electrons. The van der Waals surface area contributed by atoms with E-state index < -0.39 is 17.6 Å². The lowest BCUT2D eigenvalue weighted by atomic mass is 9.45. The Balaban J connectivity index is 1.84. The summed E-state index contributed by atoms with van der Waals surface area (Å²) in [5.41, 5.74) is -2.28. The van der Waals surface area contributed by atoms with Gasteiger partial charge in [0.1, 0.15) is 11.6 Å². The number of hydrogen-bond acceptors (Lipinski definition) is 4. The highest BCUT2D eigenvalue weighted by molar-refractivity contribution is 5.91. The maximum atomic E-state index is 13.6. The van der Waals surface area contributed by atoms with Gasteiger partial charge in [-0.1, -0.05) is 6.42 Å². The van der Waals surface area contributed by atoms with Crippen molar-refractivity contribution in [3.05, 3.63) is 17.5 Å². The molecule has 0 aliphatic heterocycles. The van der Waals surface area contributed by atoms with Crippen molar-refractivity contribution in [3.8, 4) is 6.07 Å². The molecule has 0 bridgehead atoms. The average Bonchev–Trinajstić information content (AvgIpc) is 2.82. The van der Waals surface area contributed by atoms with E-state index in [4.69, 9.17) is 10.00 Å². The predicted molar refractivity (Wildman–Crippen MR) is 76.9 cm³/mol. The number of rotatable bonds is 4. The molecular formula is C16H18F3N3O2. The summed E-state index contributed by atoms with van der Waals surface area (Å²) >= 11 is 0. The molecule has 2 aliphatic rings. The molecule has 0 N–H and O–H groups in total. The van der Waals surface area contributed by atoms with Crippen molar-refractivity contribution in [1.82, 2.24) is 9.78 Å². The molecule has 0 radical (unpaired) electrons. The Hall–Kier alpha value is -2.04. The fourth-order valence-corrected chi connectivity index (χ4v) is 4.07. The Kier molecular flexibility index (Phi) is 3.85. The maximum absolute atomic E-state index is 13.6. The molecule has 8 heteroatoms. The Labute approximate surface area is 137 Å². The van der Waals surface area contributed by atoms with Gasteiger partial charge in [-0.15, -0.1) is 0 Å². The Morgan fingerprint density at radius 3 is 2.58 bits per heavy atom. The zero-order valence-corrected chi connectivity index (χ0v) is 13.3. The molecule has 0 amide bonds. The van der Waals surface area contributed by atoms with Crippen molar-refractivity contribution in [3.63, 3.8) is 0 Å². The first-order chi connectivity index (χ1) is 11.2. The third kappa shape index (κ3) is 2.56. The van der Waals surface area contributed by atoms with Crippen molar-refractivity contribution in [1.29, 1.82) is 5.26 Å². The molecule has 1 aromatic heterocycles. The van der Waals surface area contributed by atoms with Crippen LogP contribution >= 0.6 is 0 Å². The van der Waals surface area contributed by atoms with Gasteiger partial charge < -0.3 is 4.74 Å². The van der Waals surface area contributed by atoms with Crippen molar-refractivity contribution in [2.75, 3.05) is 6.61 Å². The molecular weight excluding hydrogens is 323 g/mol. The zero-order chi connectivity index (χ0) is 17.6. The second-order valence-electron chi connectivity index (χ2n) is 6.91. The van der Waals surface area contributed by atoms with Crippen molar-refractivity contribution in [2.45, 2.75) is 51.7 Å². The van der Waals surface area contributed by atoms with E-state index in [1.54, 1.807) is 13.0 Å². The molecule has 3 rings (SSSR count). The highest BCUT2D eigenvalue weighted by atomic mass is 19.4.